The van der Waals surface area contributed by atoms with E-state index in [-0.39, 0.29) is 5.75 Å². The van der Waals surface area contributed by atoms with Crippen molar-refractivity contribution in [1.29, 1.82) is 0 Å². The van der Waals surface area contributed by atoms with E-state index in [0.29, 0.717) is 6.54 Å². The van der Waals surface area contributed by atoms with Crippen LogP contribution in [-0.2, 0) is 6.54 Å². The molecule has 3 aromatic rings. The van der Waals surface area contributed by atoms with Crippen LogP contribution in [0.3, 0.4) is 0 Å². The molecular formula is C15H13N3O. The number of nitrogens with zero attached hydrogens (tertiary/aromatic N) is 2. The largest absolute Gasteiger partial charge is 0.508 e. The fourth-order valence-electron chi connectivity index (χ4n) is 2.00. The summed E-state index contributed by atoms with van der Waals surface area (Å²) in [5.41, 5.74) is 0.831. The van der Waals surface area contributed by atoms with Gasteiger partial charge in [-0.05, 0) is 6.07 Å². The Morgan fingerprint density at radius 2 is 1.79 bits per heavy atom. The Labute approximate surface area is 110 Å². The summed E-state index contributed by atoms with van der Waals surface area (Å²) in [7, 11) is 0. The number of rotatable bonds is 3. The van der Waals surface area contributed by atoms with E-state index in [4.69, 9.17) is 0 Å². The monoisotopic (exact) mass is 251 g/mol. The molecule has 0 bridgehead atoms. The number of nitrogens with one attached hydrogen (secondary N) is 1. The zero-order chi connectivity index (χ0) is 13.1. The molecule has 2 aromatic carbocycles. The van der Waals surface area contributed by atoms with E-state index in [0.717, 1.165) is 22.2 Å². The molecule has 0 radical (unpaired) electrons. The molecule has 0 saturated carbocycles. The quantitative estimate of drug-likeness (QED) is 0.751. The lowest BCUT2D eigenvalue weighted by Gasteiger charge is -2.08. The molecule has 0 aliphatic carbocycles. The number of phenols is 1. The summed E-state index contributed by atoms with van der Waals surface area (Å²) in [5, 5.41) is 23.1. The fraction of sp³-hybridized carbons (Fsp3) is 0.0667. The molecule has 0 aliphatic heterocycles. The molecule has 1 heterocycles. The number of aromatic hydroxyl groups is 1. The molecule has 1 aromatic heterocycles. The second-order valence-corrected chi connectivity index (χ2v) is 4.26. The van der Waals surface area contributed by atoms with Crippen LogP contribution in [0.15, 0.2) is 54.7 Å². The van der Waals surface area contributed by atoms with E-state index in [1.165, 1.54) is 0 Å². The molecule has 0 atom stereocenters. The van der Waals surface area contributed by atoms with Gasteiger partial charge >= 0.3 is 0 Å². The molecule has 0 amide bonds. The minimum Gasteiger partial charge on any atom is -0.508 e. The number of hydrogen-bond acceptors (Lipinski definition) is 4. The number of aromatic nitrogens is 2. The van der Waals surface area contributed by atoms with E-state index < -0.39 is 0 Å². The van der Waals surface area contributed by atoms with Crippen LogP contribution in [0.4, 0.5) is 5.82 Å². The third-order valence-electron chi connectivity index (χ3n) is 3.01. The predicted octanol–water partition coefficient (Wildman–Crippen LogP) is 2.95. The number of para-hydroxylation sites is 1. The Hall–Kier alpha value is -2.62. The first-order chi connectivity index (χ1) is 9.34. The summed E-state index contributed by atoms with van der Waals surface area (Å²) in [4.78, 5) is 0. The lowest BCUT2D eigenvalue weighted by molar-refractivity contribution is 0.469. The van der Waals surface area contributed by atoms with Crippen molar-refractivity contribution in [2.24, 2.45) is 0 Å². The van der Waals surface area contributed by atoms with Crippen molar-refractivity contribution in [2.75, 3.05) is 5.32 Å². The number of anilines is 1. The van der Waals surface area contributed by atoms with Crippen LogP contribution >= 0.6 is 0 Å². The fourth-order valence-corrected chi connectivity index (χ4v) is 2.00. The second kappa shape index (κ2) is 4.94. The van der Waals surface area contributed by atoms with Crippen LogP contribution in [0.5, 0.6) is 5.75 Å². The number of benzene rings is 2. The average molecular weight is 251 g/mol. The van der Waals surface area contributed by atoms with E-state index in [1.807, 2.05) is 36.4 Å². The summed E-state index contributed by atoms with van der Waals surface area (Å²) < 4.78 is 0. The smallest absolute Gasteiger partial charge is 0.156 e. The van der Waals surface area contributed by atoms with E-state index in [1.54, 1.807) is 18.3 Å². The standard InChI is InChI=1S/C15H13N3O/c19-14-8-4-2-6-12(14)9-16-15-13-7-3-1-5-11(13)10-17-18-15/h1-8,10,19H,9H2,(H,16,18). The van der Waals surface area contributed by atoms with Crippen LogP contribution < -0.4 is 5.32 Å². The summed E-state index contributed by atoms with van der Waals surface area (Å²) in [5.74, 6) is 1.00. The molecule has 0 unspecified atom stereocenters. The highest BCUT2D eigenvalue weighted by atomic mass is 16.3. The van der Waals surface area contributed by atoms with E-state index in [9.17, 15) is 5.11 Å². The Kier molecular flexibility index (Phi) is 2.98. The van der Waals surface area contributed by atoms with Gasteiger partial charge in [-0.2, -0.15) is 5.10 Å². The van der Waals surface area contributed by atoms with Crippen LogP contribution in [0.1, 0.15) is 5.56 Å². The molecule has 0 saturated heterocycles. The van der Waals surface area contributed by atoms with Gasteiger partial charge < -0.3 is 10.4 Å². The van der Waals surface area contributed by atoms with Gasteiger partial charge in [0.15, 0.2) is 5.82 Å². The lowest BCUT2D eigenvalue weighted by atomic mass is 10.1. The van der Waals surface area contributed by atoms with Crippen molar-refractivity contribution in [3.63, 3.8) is 0 Å². The van der Waals surface area contributed by atoms with Crippen molar-refractivity contribution in [2.45, 2.75) is 6.54 Å². The summed E-state index contributed by atoms with van der Waals surface area (Å²) in [6.45, 7) is 0.509. The second-order valence-electron chi connectivity index (χ2n) is 4.26. The molecule has 0 fully saturated rings. The summed E-state index contributed by atoms with van der Waals surface area (Å²) in [6, 6.07) is 15.2. The normalized spacial score (nSPS) is 10.5. The van der Waals surface area contributed by atoms with Gasteiger partial charge in [0, 0.05) is 22.9 Å². The SMILES string of the molecule is Oc1ccccc1CNc1nncc2ccccc12. The molecular weight excluding hydrogens is 238 g/mol. The van der Waals surface area contributed by atoms with Gasteiger partial charge in [0.1, 0.15) is 5.75 Å². The zero-order valence-electron chi connectivity index (χ0n) is 10.2. The first-order valence-electron chi connectivity index (χ1n) is 6.06. The maximum atomic E-state index is 9.73. The Balaban J connectivity index is 1.88. The number of fused-ring (bicyclic) bond motifs is 1. The van der Waals surface area contributed by atoms with E-state index in [2.05, 4.69) is 15.5 Å². The van der Waals surface area contributed by atoms with E-state index >= 15 is 0 Å². The molecule has 0 aliphatic rings. The third kappa shape index (κ3) is 2.33. The van der Waals surface area contributed by atoms with Crippen molar-refractivity contribution < 1.29 is 5.11 Å². The minimum absolute atomic E-state index is 0.281. The molecule has 4 heteroatoms. The topological polar surface area (TPSA) is 58.0 Å². The lowest BCUT2D eigenvalue weighted by Crippen LogP contribution is -2.03. The van der Waals surface area contributed by atoms with Gasteiger partial charge in [-0.3, -0.25) is 0 Å². The van der Waals surface area contributed by atoms with Crippen LogP contribution in [0, 0.1) is 0 Å². The van der Waals surface area contributed by atoms with Gasteiger partial charge in [0.2, 0.25) is 0 Å². The Bertz CT molecular complexity index is 707. The Morgan fingerprint density at radius 3 is 2.68 bits per heavy atom. The van der Waals surface area contributed by atoms with Crippen molar-refractivity contribution >= 4 is 16.6 Å². The molecule has 3 rings (SSSR count). The van der Waals surface area contributed by atoms with Crippen molar-refractivity contribution in [1.82, 2.24) is 10.2 Å². The van der Waals surface area contributed by atoms with Crippen LogP contribution in [0.2, 0.25) is 0 Å². The van der Waals surface area contributed by atoms with Crippen molar-refractivity contribution in [3.8, 4) is 5.75 Å². The molecule has 0 spiro atoms. The number of phenolic OH excluding ortho intramolecular Hbond substituents is 1. The zero-order valence-corrected chi connectivity index (χ0v) is 10.2. The van der Waals surface area contributed by atoms with Crippen LogP contribution in [-0.4, -0.2) is 15.3 Å². The van der Waals surface area contributed by atoms with Crippen molar-refractivity contribution in [3.05, 3.63) is 60.3 Å². The molecule has 4 nitrogen and oxygen atoms in total. The van der Waals surface area contributed by atoms with Gasteiger partial charge in [-0.25, -0.2) is 0 Å². The maximum Gasteiger partial charge on any atom is 0.156 e. The number of hydrogen-bond donors (Lipinski definition) is 2. The van der Waals surface area contributed by atoms with Gasteiger partial charge in [-0.1, -0.05) is 42.5 Å². The highest BCUT2D eigenvalue weighted by Crippen LogP contribution is 2.21. The summed E-state index contributed by atoms with van der Waals surface area (Å²) >= 11 is 0. The van der Waals surface area contributed by atoms with Crippen LogP contribution in [0.25, 0.3) is 10.8 Å². The minimum atomic E-state index is 0.281. The molecule has 19 heavy (non-hydrogen) atoms. The molecule has 2 N–H and O–H groups in total. The molecule has 94 valence electrons. The average Bonchev–Trinajstić information content (AvgIpc) is 2.46. The first kappa shape index (κ1) is 11.5. The third-order valence-corrected chi connectivity index (χ3v) is 3.01. The Morgan fingerprint density at radius 1 is 1.00 bits per heavy atom. The summed E-state index contributed by atoms with van der Waals surface area (Å²) in [6.07, 6.45) is 1.74. The predicted molar refractivity (Wildman–Crippen MR) is 75.0 cm³/mol. The van der Waals surface area contributed by atoms with Gasteiger partial charge in [0.05, 0.1) is 6.20 Å². The highest BCUT2D eigenvalue weighted by Gasteiger charge is 2.04. The maximum absolute atomic E-state index is 9.73. The first-order valence-corrected chi connectivity index (χ1v) is 6.06. The van der Waals surface area contributed by atoms with Gasteiger partial charge in [0.25, 0.3) is 0 Å². The highest BCUT2D eigenvalue weighted by molar-refractivity contribution is 5.90. The van der Waals surface area contributed by atoms with Gasteiger partial charge in [-0.15, -0.1) is 5.10 Å².